The fourth-order valence-electron chi connectivity index (χ4n) is 1.72. The highest BCUT2D eigenvalue weighted by atomic mass is 32.2. The molecule has 0 aliphatic rings. The number of aliphatic hydroxyl groups is 1. The second-order valence-electron chi connectivity index (χ2n) is 4.80. The Labute approximate surface area is 118 Å². The third kappa shape index (κ3) is 3.56. The second-order valence-corrected chi connectivity index (χ2v) is 6.49. The van der Waals surface area contributed by atoms with Gasteiger partial charge in [-0.15, -0.1) is 0 Å². The van der Waals surface area contributed by atoms with Crippen LogP contribution >= 0.6 is 0 Å². The molecule has 0 aliphatic carbocycles. The maximum absolute atomic E-state index is 12.3. The first-order chi connectivity index (χ1) is 9.20. The molecular formula is C13H19NO5S. The van der Waals surface area contributed by atoms with Crippen LogP contribution in [-0.4, -0.2) is 37.2 Å². The van der Waals surface area contributed by atoms with Gasteiger partial charge in [0.05, 0.1) is 10.5 Å². The molecule has 2 unspecified atom stereocenters. The number of carboxylic acids is 1. The van der Waals surface area contributed by atoms with Crippen LogP contribution in [0.5, 0.6) is 0 Å². The summed E-state index contributed by atoms with van der Waals surface area (Å²) in [7, 11) is -3.83. The van der Waals surface area contributed by atoms with E-state index in [4.69, 9.17) is 10.2 Å². The molecule has 0 saturated carbocycles. The summed E-state index contributed by atoms with van der Waals surface area (Å²) in [5.74, 6) is -1.41. The van der Waals surface area contributed by atoms with Crippen LogP contribution in [0.3, 0.4) is 0 Å². The summed E-state index contributed by atoms with van der Waals surface area (Å²) >= 11 is 0. The molecule has 0 aromatic heterocycles. The van der Waals surface area contributed by atoms with E-state index >= 15 is 0 Å². The highest BCUT2D eigenvalue weighted by Crippen LogP contribution is 2.20. The number of aliphatic hydroxyl groups excluding tert-OH is 1. The van der Waals surface area contributed by atoms with E-state index in [0.717, 1.165) is 0 Å². The van der Waals surface area contributed by atoms with Gasteiger partial charge in [-0.3, -0.25) is 0 Å². The molecule has 7 heteroatoms. The van der Waals surface area contributed by atoms with Crippen molar-refractivity contribution in [2.24, 2.45) is 5.92 Å². The van der Waals surface area contributed by atoms with Crippen LogP contribution < -0.4 is 4.72 Å². The van der Waals surface area contributed by atoms with E-state index in [1.54, 1.807) is 13.8 Å². The van der Waals surface area contributed by atoms with Crippen molar-refractivity contribution < 1.29 is 23.4 Å². The van der Waals surface area contributed by atoms with Crippen molar-refractivity contribution in [3.63, 3.8) is 0 Å². The molecule has 3 N–H and O–H groups in total. The van der Waals surface area contributed by atoms with E-state index in [2.05, 4.69) is 4.72 Å². The standard InChI is InChI=1S/C13H19NO5S/c1-8(7-15)10(3)14-20(18,19)12-6-4-5-11(9(12)2)13(16)17/h4-6,8,10,14-15H,7H2,1-3H3,(H,16,17). The van der Waals surface area contributed by atoms with Gasteiger partial charge in [0.25, 0.3) is 0 Å². The molecule has 0 fully saturated rings. The quantitative estimate of drug-likeness (QED) is 0.727. The van der Waals surface area contributed by atoms with Gasteiger partial charge in [-0.2, -0.15) is 0 Å². The Morgan fingerprint density at radius 1 is 1.35 bits per heavy atom. The zero-order chi connectivity index (χ0) is 15.5. The van der Waals surface area contributed by atoms with Crippen LogP contribution in [0.25, 0.3) is 0 Å². The normalized spacial score (nSPS) is 14.8. The van der Waals surface area contributed by atoms with Crippen molar-refractivity contribution in [1.82, 2.24) is 4.72 Å². The summed E-state index contributed by atoms with van der Waals surface area (Å²) in [4.78, 5) is 11.0. The zero-order valence-corrected chi connectivity index (χ0v) is 12.4. The lowest BCUT2D eigenvalue weighted by Crippen LogP contribution is -2.38. The van der Waals surface area contributed by atoms with Gasteiger partial charge in [-0.05, 0) is 37.5 Å². The highest BCUT2D eigenvalue weighted by Gasteiger charge is 2.24. The zero-order valence-electron chi connectivity index (χ0n) is 11.6. The van der Waals surface area contributed by atoms with E-state index in [1.807, 2.05) is 0 Å². The Kier molecular flexibility index (Phi) is 5.27. The van der Waals surface area contributed by atoms with E-state index in [1.165, 1.54) is 25.1 Å². The third-order valence-corrected chi connectivity index (χ3v) is 4.99. The number of benzene rings is 1. The van der Waals surface area contributed by atoms with Crippen LogP contribution in [0.2, 0.25) is 0 Å². The number of sulfonamides is 1. The SMILES string of the molecule is Cc1c(C(=O)O)cccc1S(=O)(=O)NC(C)C(C)CO. The molecule has 2 atom stereocenters. The molecule has 112 valence electrons. The monoisotopic (exact) mass is 301 g/mol. The van der Waals surface area contributed by atoms with Crippen LogP contribution in [0.15, 0.2) is 23.1 Å². The molecule has 0 bridgehead atoms. The lowest BCUT2D eigenvalue weighted by molar-refractivity contribution is 0.0696. The molecule has 0 radical (unpaired) electrons. The number of carbonyl (C=O) groups is 1. The third-order valence-electron chi connectivity index (χ3n) is 3.29. The highest BCUT2D eigenvalue weighted by molar-refractivity contribution is 7.89. The fourth-order valence-corrected chi connectivity index (χ4v) is 3.34. The molecule has 1 aromatic carbocycles. The van der Waals surface area contributed by atoms with E-state index < -0.39 is 22.0 Å². The van der Waals surface area contributed by atoms with Crippen molar-refractivity contribution in [3.05, 3.63) is 29.3 Å². The first-order valence-electron chi connectivity index (χ1n) is 6.16. The second kappa shape index (κ2) is 6.34. The molecule has 0 spiro atoms. The average molecular weight is 301 g/mol. The fraction of sp³-hybridized carbons (Fsp3) is 0.462. The molecule has 0 aliphatic heterocycles. The summed E-state index contributed by atoms with van der Waals surface area (Å²) in [5, 5.41) is 18.0. The first-order valence-corrected chi connectivity index (χ1v) is 7.65. The number of aromatic carboxylic acids is 1. The van der Waals surface area contributed by atoms with Gasteiger partial charge in [0, 0.05) is 12.6 Å². The predicted molar refractivity (Wildman–Crippen MR) is 74.2 cm³/mol. The number of rotatable bonds is 6. The van der Waals surface area contributed by atoms with Crippen molar-refractivity contribution in [3.8, 4) is 0 Å². The molecule has 0 saturated heterocycles. The lowest BCUT2D eigenvalue weighted by Gasteiger charge is -2.20. The van der Waals surface area contributed by atoms with Gasteiger partial charge in [-0.25, -0.2) is 17.9 Å². The van der Waals surface area contributed by atoms with E-state index in [0.29, 0.717) is 0 Å². The number of hydrogen-bond acceptors (Lipinski definition) is 4. The van der Waals surface area contributed by atoms with Gasteiger partial charge >= 0.3 is 5.97 Å². The van der Waals surface area contributed by atoms with Crippen molar-refractivity contribution in [2.45, 2.75) is 31.7 Å². The van der Waals surface area contributed by atoms with Crippen molar-refractivity contribution >= 4 is 16.0 Å². The van der Waals surface area contributed by atoms with Gasteiger partial charge < -0.3 is 10.2 Å². The molecule has 20 heavy (non-hydrogen) atoms. The summed E-state index contributed by atoms with van der Waals surface area (Å²) < 4.78 is 27.0. The molecule has 6 nitrogen and oxygen atoms in total. The summed E-state index contributed by atoms with van der Waals surface area (Å²) in [6.45, 7) is 4.68. The van der Waals surface area contributed by atoms with Gasteiger partial charge in [0.1, 0.15) is 0 Å². The number of hydrogen-bond donors (Lipinski definition) is 3. The molecule has 0 amide bonds. The number of carboxylic acid groups (broad SMARTS) is 1. The lowest BCUT2D eigenvalue weighted by atomic mass is 10.1. The van der Waals surface area contributed by atoms with E-state index in [-0.39, 0.29) is 28.5 Å². The van der Waals surface area contributed by atoms with Crippen LogP contribution in [0.1, 0.15) is 29.8 Å². The van der Waals surface area contributed by atoms with Gasteiger partial charge in [-0.1, -0.05) is 13.0 Å². The summed E-state index contributed by atoms with van der Waals surface area (Å²) in [5.41, 5.74) is 0.145. The van der Waals surface area contributed by atoms with Crippen LogP contribution in [-0.2, 0) is 10.0 Å². The predicted octanol–water partition coefficient (Wildman–Crippen LogP) is 0.988. The first kappa shape index (κ1) is 16.6. The maximum atomic E-state index is 12.3. The maximum Gasteiger partial charge on any atom is 0.335 e. The minimum Gasteiger partial charge on any atom is -0.478 e. The summed E-state index contributed by atoms with van der Waals surface area (Å²) in [6, 6.07) is 3.65. The Bertz CT molecular complexity index is 597. The Morgan fingerprint density at radius 2 is 1.95 bits per heavy atom. The molecule has 0 heterocycles. The van der Waals surface area contributed by atoms with Crippen molar-refractivity contribution in [2.75, 3.05) is 6.61 Å². The van der Waals surface area contributed by atoms with E-state index in [9.17, 15) is 13.2 Å². The molecule has 1 aromatic rings. The minimum absolute atomic E-state index is 0.0456. The topological polar surface area (TPSA) is 104 Å². The Hall–Kier alpha value is -1.44. The minimum atomic E-state index is -3.83. The smallest absolute Gasteiger partial charge is 0.335 e. The molecular weight excluding hydrogens is 282 g/mol. The Morgan fingerprint density at radius 3 is 2.45 bits per heavy atom. The van der Waals surface area contributed by atoms with Gasteiger partial charge in [0.2, 0.25) is 10.0 Å². The Balaban J connectivity index is 3.17. The molecule has 1 rings (SSSR count). The van der Waals surface area contributed by atoms with Gasteiger partial charge in [0.15, 0.2) is 0 Å². The van der Waals surface area contributed by atoms with Crippen LogP contribution in [0.4, 0.5) is 0 Å². The number of nitrogens with one attached hydrogen (secondary N) is 1. The largest absolute Gasteiger partial charge is 0.478 e. The average Bonchev–Trinajstić information content (AvgIpc) is 2.36. The van der Waals surface area contributed by atoms with Crippen molar-refractivity contribution in [1.29, 1.82) is 0 Å². The summed E-state index contributed by atoms with van der Waals surface area (Å²) in [6.07, 6.45) is 0. The van der Waals surface area contributed by atoms with Crippen LogP contribution in [0, 0.1) is 12.8 Å².